The molecule has 0 aliphatic heterocycles. The van der Waals surface area contributed by atoms with Gasteiger partial charge in [0.2, 0.25) is 18.4 Å². The van der Waals surface area contributed by atoms with Crippen LogP contribution in [0, 0.1) is 0 Å². The van der Waals surface area contributed by atoms with Crippen LogP contribution in [-0.4, -0.2) is 55.7 Å². The Morgan fingerprint density at radius 3 is 1.33 bits per heavy atom. The molecular formula is C10H28N2OSi2. The van der Waals surface area contributed by atoms with Gasteiger partial charge in [0, 0.05) is 0 Å². The standard InChI is InChI=1S/C10H28N2OSi2/c1-7-9-14(11(3)4)13-15(10-8-2)12(5)6/h14-15H,7-10H2,1-6H3. The second-order valence-corrected chi connectivity index (χ2v) is 10.7. The van der Waals surface area contributed by atoms with E-state index < -0.39 is 18.4 Å². The summed E-state index contributed by atoms with van der Waals surface area (Å²) in [5.74, 6) is 0. The van der Waals surface area contributed by atoms with Crippen LogP contribution in [-0.2, 0) is 4.12 Å². The number of hydrogen-bond acceptors (Lipinski definition) is 3. The highest BCUT2D eigenvalue weighted by Crippen LogP contribution is 2.09. The molecule has 0 saturated carbocycles. The summed E-state index contributed by atoms with van der Waals surface area (Å²) in [4.78, 5) is 0. The molecule has 0 aromatic heterocycles. The third-order valence-electron chi connectivity index (χ3n) is 2.54. The van der Waals surface area contributed by atoms with Crippen molar-refractivity contribution in [3.05, 3.63) is 0 Å². The molecule has 0 aromatic rings. The fraction of sp³-hybridized carbons (Fsp3) is 1.00. The number of nitrogens with zero attached hydrogens (tertiary/aromatic N) is 2. The first-order valence-electron chi connectivity index (χ1n) is 6.01. The normalized spacial score (nSPS) is 16.0. The van der Waals surface area contributed by atoms with E-state index in [-0.39, 0.29) is 0 Å². The molecule has 92 valence electrons. The van der Waals surface area contributed by atoms with E-state index in [0.29, 0.717) is 0 Å². The molecule has 3 nitrogen and oxygen atoms in total. The lowest BCUT2D eigenvalue weighted by Crippen LogP contribution is -2.46. The van der Waals surface area contributed by atoms with Crippen LogP contribution in [0.1, 0.15) is 26.7 Å². The van der Waals surface area contributed by atoms with Gasteiger partial charge in [0.1, 0.15) is 0 Å². The van der Waals surface area contributed by atoms with Gasteiger partial charge < -0.3 is 13.2 Å². The Morgan fingerprint density at radius 1 is 0.800 bits per heavy atom. The summed E-state index contributed by atoms with van der Waals surface area (Å²) in [6, 6.07) is 2.54. The SMILES string of the molecule is CCC[SiH](O[SiH](CCC)N(C)C)N(C)C. The van der Waals surface area contributed by atoms with Crippen molar-refractivity contribution in [2.45, 2.75) is 38.8 Å². The molecule has 0 aliphatic rings. The van der Waals surface area contributed by atoms with Crippen LogP contribution >= 0.6 is 0 Å². The van der Waals surface area contributed by atoms with Crippen LogP contribution in [0.5, 0.6) is 0 Å². The average molecular weight is 249 g/mol. The van der Waals surface area contributed by atoms with Crippen LogP contribution in [0.4, 0.5) is 0 Å². The Balaban J connectivity index is 4.19. The van der Waals surface area contributed by atoms with Crippen molar-refractivity contribution in [3.63, 3.8) is 0 Å². The van der Waals surface area contributed by atoms with E-state index >= 15 is 0 Å². The molecule has 0 aliphatic carbocycles. The van der Waals surface area contributed by atoms with Crippen LogP contribution in [0.3, 0.4) is 0 Å². The Labute approximate surface area is 99.0 Å². The van der Waals surface area contributed by atoms with E-state index in [1.54, 1.807) is 0 Å². The van der Waals surface area contributed by atoms with Crippen molar-refractivity contribution >= 4 is 18.4 Å². The summed E-state index contributed by atoms with van der Waals surface area (Å²) < 4.78 is 11.1. The van der Waals surface area contributed by atoms with Gasteiger partial charge in [-0.3, -0.25) is 0 Å². The second-order valence-electron chi connectivity index (χ2n) is 4.55. The summed E-state index contributed by atoms with van der Waals surface area (Å²) in [5, 5.41) is 0. The molecule has 0 radical (unpaired) electrons. The largest absolute Gasteiger partial charge is 0.437 e. The van der Waals surface area contributed by atoms with Gasteiger partial charge in [-0.1, -0.05) is 26.7 Å². The summed E-state index contributed by atoms with van der Waals surface area (Å²) in [6.07, 6.45) is 2.49. The second kappa shape index (κ2) is 8.46. The van der Waals surface area contributed by atoms with Gasteiger partial charge in [0.25, 0.3) is 0 Å². The van der Waals surface area contributed by atoms with Crippen LogP contribution in [0.25, 0.3) is 0 Å². The smallest absolute Gasteiger partial charge is 0.244 e. The monoisotopic (exact) mass is 248 g/mol. The Hall–Kier alpha value is 0.314. The third-order valence-corrected chi connectivity index (χ3v) is 9.50. The van der Waals surface area contributed by atoms with Crippen molar-refractivity contribution in [3.8, 4) is 0 Å². The summed E-state index contributed by atoms with van der Waals surface area (Å²) in [6.45, 7) is 4.50. The minimum Gasteiger partial charge on any atom is -0.437 e. The molecule has 5 heteroatoms. The summed E-state index contributed by atoms with van der Waals surface area (Å²) in [7, 11) is 6.47. The van der Waals surface area contributed by atoms with E-state index in [4.69, 9.17) is 4.12 Å². The number of hydrogen-bond donors (Lipinski definition) is 0. The maximum absolute atomic E-state index is 6.38. The van der Waals surface area contributed by atoms with E-state index in [9.17, 15) is 0 Å². The third kappa shape index (κ3) is 6.47. The first-order chi connectivity index (χ1) is 7.02. The minimum absolute atomic E-state index is 1.10. The highest BCUT2D eigenvalue weighted by Gasteiger charge is 2.22. The van der Waals surface area contributed by atoms with Crippen molar-refractivity contribution in [1.29, 1.82) is 0 Å². The fourth-order valence-electron chi connectivity index (χ4n) is 1.57. The van der Waals surface area contributed by atoms with E-state index in [0.717, 1.165) is 0 Å². The lowest BCUT2D eigenvalue weighted by molar-refractivity contribution is 0.415. The Kier molecular flexibility index (Phi) is 8.64. The zero-order chi connectivity index (χ0) is 11.8. The molecular weight excluding hydrogens is 220 g/mol. The van der Waals surface area contributed by atoms with Crippen molar-refractivity contribution in [2.24, 2.45) is 0 Å². The maximum atomic E-state index is 6.38. The Morgan fingerprint density at radius 2 is 1.13 bits per heavy atom. The molecule has 2 unspecified atom stereocenters. The van der Waals surface area contributed by atoms with E-state index in [1.165, 1.54) is 24.9 Å². The van der Waals surface area contributed by atoms with Gasteiger partial charge in [-0.25, -0.2) is 0 Å². The van der Waals surface area contributed by atoms with Gasteiger partial charge in [0.05, 0.1) is 0 Å². The lowest BCUT2D eigenvalue weighted by atomic mass is 10.6. The van der Waals surface area contributed by atoms with Gasteiger partial charge >= 0.3 is 0 Å². The molecule has 2 atom stereocenters. The van der Waals surface area contributed by atoms with Gasteiger partial charge in [-0.2, -0.15) is 0 Å². The molecule has 0 saturated heterocycles. The van der Waals surface area contributed by atoms with E-state index in [2.05, 4.69) is 51.2 Å². The molecule has 0 fully saturated rings. The quantitative estimate of drug-likeness (QED) is 0.604. The lowest BCUT2D eigenvalue weighted by Gasteiger charge is -2.30. The first kappa shape index (κ1) is 15.3. The van der Waals surface area contributed by atoms with Crippen molar-refractivity contribution in [2.75, 3.05) is 28.2 Å². The molecule has 0 amide bonds. The van der Waals surface area contributed by atoms with Crippen molar-refractivity contribution < 1.29 is 4.12 Å². The predicted octanol–water partition coefficient (Wildman–Crippen LogP) is 1.39. The average Bonchev–Trinajstić information content (AvgIpc) is 2.15. The van der Waals surface area contributed by atoms with Gasteiger partial charge in [0.15, 0.2) is 0 Å². The Bertz CT molecular complexity index is 140. The molecule has 0 heterocycles. The summed E-state index contributed by atoms with van der Waals surface area (Å²) in [5.41, 5.74) is 0. The number of rotatable bonds is 8. The van der Waals surface area contributed by atoms with Crippen LogP contribution in [0.15, 0.2) is 0 Å². The van der Waals surface area contributed by atoms with Crippen molar-refractivity contribution in [1.82, 2.24) is 9.13 Å². The molecule has 0 aromatic carbocycles. The van der Waals surface area contributed by atoms with Gasteiger partial charge in [-0.15, -0.1) is 0 Å². The highest BCUT2D eigenvalue weighted by molar-refractivity contribution is 6.63. The molecule has 0 rings (SSSR count). The molecule has 0 spiro atoms. The summed E-state index contributed by atoms with van der Waals surface area (Å²) >= 11 is 0. The zero-order valence-electron chi connectivity index (χ0n) is 11.3. The van der Waals surface area contributed by atoms with Gasteiger partial charge in [-0.05, 0) is 40.3 Å². The van der Waals surface area contributed by atoms with E-state index in [1.807, 2.05) is 0 Å². The molecule has 15 heavy (non-hydrogen) atoms. The first-order valence-corrected chi connectivity index (χ1v) is 9.62. The topological polar surface area (TPSA) is 15.7 Å². The maximum Gasteiger partial charge on any atom is 0.244 e. The zero-order valence-corrected chi connectivity index (χ0v) is 13.6. The fourth-order valence-corrected chi connectivity index (χ4v) is 8.08. The van der Waals surface area contributed by atoms with Crippen LogP contribution in [0.2, 0.25) is 12.1 Å². The minimum atomic E-state index is -1.10. The predicted molar refractivity (Wildman–Crippen MR) is 73.0 cm³/mol. The highest BCUT2D eigenvalue weighted by atomic mass is 28.4. The molecule has 0 bridgehead atoms. The van der Waals surface area contributed by atoms with Crippen LogP contribution < -0.4 is 0 Å². The molecule has 0 N–H and O–H groups in total.